The van der Waals surface area contributed by atoms with E-state index in [1.54, 1.807) is 11.3 Å². The summed E-state index contributed by atoms with van der Waals surface area (Å²) in [4.78, 5) is 15.9. The van der Waals surface area contributed by atoms with E-state index in [-0.39, 0.29) is 5.91 Å². The van der Waals surface area contributed by atoms with Crippen molar-refractivity contribution in [1.82, 2.24) is 9.47 Å². The van der Waals surface area contributed by atoms with E-state index in [0.29, 0.717) is 0 Å². The number of thiophene rings is 1. The first-order valence-corrected chi connectivity index (χ1v) is 9.52. The summed E-state index contributed by atoms with van der Waals surface area (Å²) < 4.78 is 2.21. The third-order valence-corrected chi connectivity index (χ3v) is 5.41. The number of rotatable bonds is 7. The van der Waals surface area contributed by atoms with Crippen LogP contribution >= 0.6 is 11.3 Å². The lowest BCUT2D eigenvalue weighted by molar-refractivity contribution is 0.0762. The molecule has 0 unspecified atom stereocenters. The van der Waals surface area contributed by atoms with Crippen molar-refractivity contribution in [2.75, 3.05) is 13.1 Å². The van der Waals surface area contributed by atoms with Gasteiger partial charge in [-0.15, -0.1) is 11.3 Å². The second kappa shape index (κ2) is 7.67. The van der Waals surface area contributed by atoms with Gasteiger partial charge in [-0.2, -0.15) is 0 Å². The van der Waals surface area contributed by atoms with Crippen molar-refractivity contribution < 1.29 is 4.79 Å². The number of fused-ring (bicyclic) bond motifs is 1. The highest BCUT2D eigenvalue weighted by molar-refractivity contribution is 7.16. The molecule has 3 aromatic rings. The first-order chi connectivity index (χ1) is 11.7. The molecule has 3 rings (SSSR count). The van der Waals surface area contributed by atoms with E-state index < -0.39 is 0 Å². The number of aromatic nitrogens is 1. The Morgan fingerprint density at radius 3 is 2.58 bits per heavy atom. The Bertz CT molecular complexity index is 800. The van der Waals surface area contributed by atoms with Crippen LogP contribution in [0.5, 0.6) is 0 Å². The minimum Gasteiger partial charge on any atom is -0.338 e. The standard InChI is InChI=1S/C20H24N2OS/c1-3-21(4-2)19(23)18-15-17-12-14-24-20(17)22(18)13-8-11-16-9-6-5-7-10-16/h5-7,9-10,12,14-15H,3-4,8,11,13H2,1-2H3. The number of nitrogens with zero attached hydrogens (tertiary/aromatic N) is 2. The van der Waals surface area contributed by atoms with Crippen molar-refractivity contribution in [2.24, 2.45) is 0 Å². The molecule has 3 nitrogen and oxygen atoms in total. The van der Waals surface area contributed by atoms with E-state index in [1.165, 1.54) is 15.8 Å². The zero-order valence-electron chi connectivity index (χ0n) is 14.4. The minimum atomic E-state index is 0.142. The highest BCUT2D eigenvalue weighted by Gasteiger charge is 2.19. The lowest BCUT2D eigenvalue weighted by Crippen LogP contribution is -2.32. The van der Waals surface area contributed by atoms with Crippen LogP contribution in [-0.4, -0.2) is 28.5 Å². The van der Waals surface area contributed by atoms with Crippen LogP contribution in [-0.2, 0) is 13.0 Å². The summed E-state index contributed by atoms with van der Waals surface area (Å²) in [6.07, 6.45) is 2.06. The predicted molar refractivity (Wildman–Crippen MR) is 102 cm³/mol. The largest absolute Gasteiger partial charge is 0.338 e. The van der Waals surface area contributed by atoms with Crippen LogP contribution < -0.4 is 0 Å². The SMILES string of the molecule is CCN(CC)C(=O)c1cc2ccsc2n1CCCc1ccccc1. The molecule has 2 aromatic heterocycles. The molecule has 0 fully saturated rings. The molecule has 0 bridgehead atoms. The molecule has 0 aliphatic heterocycles. The van der Waals surface area contributed by atoms with E-state index in [9.17, 15) is 4.79 Å². The fourth-order valence-electron chi connectivity index (χ4n) is 3.13. The van der Waals surface area contributed by atoms with Crippen LogP contribution in [0.2, 0.25) is 0 Å². The molecule has 0 saturated carbocycles. The fourth-order valence-corrected chi connectivity index (χ4v) is 4.06. The molecule has 2 heterocycles. The maximum Gasteiger partial charge on any atom is 0.270 e. The molecular weight excluding hydrogens is 316 g/mol. The summed E-state index contributed by atoms with van der Waals surface area (Å²) in [5.41, 5.74) is 2.18. The van der Waals surface area contributed by atoms with Gasteiger partial charge in [-0.1, -0.05) is 30.3 Å². The number of hydrogen-bond donors (Lipinski definition) is 0. The lowest BCUT2D eigenvalue weighted by Gasteiger charge is -2.20. The number of carbonyl (C=O) groups excluding carboxylic acids is 1. The van der Waals surface area contributed by atoms with Crippen molar-refractivity contribution in [3.8, 4) is 0 Å². The van der Waals surface area contributed by atoms with Gasteiger partial charge in [-0.05, 0) is 49.8 Å². The van der Waals surface area contributed by atoms with E-state index in [2.05, 4.69) is 46.3 Å². The Balaban J connectivity index is 1.81. The molecule has 24 heavy (non-hydrogen) atoms. The summed E-state index contributed by atoms with van der Waals surface area (Å²) in [5, 5.41) is 3.28. The smallest absolute Gasteiger partial charge is 0.270 e. The third kappa shape index (κ3) is 3.39. The van der Waals surface area contributed by atoms with Crippen LogP contribution in [0.3, 0.4) is 0 Å². The fraction of sp³-hybridized carbons (Fsp3) is 0.350. The Labute approximate surface area is 147 Å². The Hall–Kier alpha value is -2.07. The number of amides is 1. The maximum atomic E-state index is 12.8. The lowest BCUT2D eigenvalue weighted by atomic mass is 10.1. The molecule has 0 radical (unpaired) electrons. The quantitative estimate of drug-likeness (QED) is 0.605. The average Bonchev–Trinajstić information content (AvgIpc) is 3.19. The van der Waals surface area contributed by atoms with Gasteiger partial charge >= 0.3 is 0 Å². The monoisotopic (exact) mass is 340 g/mol. The van der Waals surface area contributed by atoms with Crippen molar-refractivity contribution in [2.45, 2.75) is 33.2 Å². The van der Waals surface area contributed by atoms with Crippen molar-refractivity contribution >= 4 is 27.5 Å². The van der Waals surface area contributed by atoms with Gasteiger partial charge in [-0.25, -0.2) is 0 Å². The average molecular weight is 340 g/mol. The molecule has 1 amide bonds. The van der Waals surface area contributed by atoms with Gasteiger partial charge < -0.3 is 9.47 Å². The zero-order chi connectivity index (χ0) is 16.9. The van der Waals surface area contributed by atoms with E-state index in [4.69, 9.17) is 0 Å². The molecule has 126 valence electrons. The number of hydrogen-bond acceptors (Lipinski definition) is 2. The van der Waals surface area contributed by atoms with Crippen LogP contribution in [0.25, 0.3) is 10.2 Å². The highest BCUT2D eigenvalue weighted by atomic mass is 32.1. The topological polar surface area (TPSA) is 25.2 Å². The van der Waals surface area contributed by atoms with Gasteiger partial charge in [0.2, 0.25) is 0 Å². The predicted octanol–water partition coefficient (Wildman–Crippen LogP) is 4.82. The number of benzene rings is 1. The van der Waals surface area contributed by atoms with E-state index in [1.807, 2.05) is 24.8 Å². The van der Waals surface area contributed by atoms with Gasteiger partial charge in [0.1, 0.15) is 10.5 Å². The molecule has 0 aliphatic rings. The van der Waals surface area contributed by atoms with Crippen molar-refractivity contribution in [1.29, 1.82) is 0 Å². The van der Waals surface area contributed by atoms with E-state index >= 15 is 0 Å². The van der Waals surface area contributed by atoms with Gasteiger partial charge in [0, 0.05) is 25.0 Å². The second-order valence-corrected chi connectivity index (χ2v) is 6.82. The summed E-state index contributed by atoms with van der Waals surface area (Å²) in [6, 6.07) is 14.7. The Morgan fingerprint density at radius 2 is 1.88 bits per heavy atom. The van der Waals surface area contributed by atoms with E-state index in [0.717, 1.165) is 38.2 Å². The summed E-state index contributed by atoms with van der Waals surface area (Å²) in [5.74, 6) is 0.142. The Kier molecular flexibility index (Phi) is 5.36. The third-order valence-electron chi connectivity index (χ3n) is 4.46. The van der Waals surface area contributed by atoms with Crippen LogP contribution in [0.4, 0.5) is 0 Å². The van der Waals surface area contributed by atoms with Gasteiger partial charge in [0.25, 0.3) is 5.91 Å². The highest BCUT2D eigenvalue weighted by Crippen LogP contribution is 2.26. The Morgan fingerprint density at radius 1 is 1.12 bits per heavy atom. The molecule has 0 atom stereocenters. The normalized spacial score (nSPS) is 11.1. The molecular formula is C20H24N2OS. The number of aryl methyl sites for hydroxylation is 2. The first-order valence-electron chi connectivity index (χ1n) is 8.64. The van der Waals surface area contributed by atoms with Crippen molar-refractivity contribution in [3.63, 3.8) is 0 Å². The summed E-state index contributed by atoms with van der Waals surface area (Å²) in [6.45, 7) is 6.44. The maximum absolute atomic E-state index is 12.8. The molecule has 1 aromatic carbocycles. The van der Waals surface area contributed by atoms with Crippen LogP contribution in [0.1, 0.15) is 36.3 Å². The van der Waals surface area contributed by atoms with Gasteiger partial charge in [0.05, 0.1) is 0 Å². The summed E-state index contributed by atoms with van der Waals surface area (Å²) in [7, 11) is 0. The van der Waals surface area contributed by atoms with Crippen LogP contribution in [0, 0.1) is 0 Å². The second-order valence-electron chi connectivity index (χ2n) is 5.93. The molecule has 4 heteroatoms. The summed E-state index contributed by atoms with van der Waals surface area (Å²) >= 11 is 1.72. The molecule has 0 spiro atoms. The van der Waals surface area contributed by atoms with Gasteiger partial charge in [-0.3, -0.25) is 4.79 Å². The van der Waals surface area contributed by atoms with Crippen molar-refractivity contribution in [3.05, 3.63) is 59.1 Å². The number of carbonyl (C=O) groups is 1. The minimum absolute atomic E-state index is 0.142. The zero-order valence-corrected chi connectivity index (χ0v) is 15.2. The first kappa shape index (κ1) is 16.8. The molecule has 0 N–H and O–H groups in total. The molecule has 0 aliphatic carbocycles. The van der Waals surface area contributed by atoms with Gasteiger partial charge in [0.15, 0.2) is 0 Å². The molecule has 0 saturated heterocycles. The van der Waals surface area contributed by atoms with Crippen LogP contribution in [0.15, 0.2) is 47.8 Å².